The van der Waals surface area contributed by atoms with E-state index in [0.717, 1.165) is 0 Å². The third kappa shape index (κ3) is 5.83. The molecule has 0 aliphatic carbocycles. The Morgan fingerprint density at radius 3 is 2.47 bits per heavy atom. The molecule has 2 aromatic rings. The van der Waals surface area contributed by atoms with Crippen molar-refractivity contribution in [2.45, 2.75) is 20.3 Å². The summed E-state index contributed by atoms with van der Waals surface area (Å²) in [5, 5.41) is 5.65. The van der Waals surface area contributed by atoms with Crippen molar-refractivity contribution < 1.29 is 19.1 Å². The molecule has 7 nitrogen and oxygen atoms in total. The molecule has 1 aliphatic rings. The molecule has 3 rings (SSSR count). The summed E-state index contributed by atoms with van der Waals surface area (Å²) in [6, 6.07) is 16.1. The van der Waals surface area contributed by atoms with Gasteiger partial charge in [0.05, 0.1) is 5.92 Å². The van der Waals surface area contributed by atoms with Crippen molar-refractivity contribution in [3.63, 3.8) is 0 Å². The van der Waals surface area contributed by atoms with E-state index in [1.165, 1.54) is 0 Å². The molecular formula is C23H27N3O4. The third-order valence-electron chi connectivity index (χ3n) is 4.76. The molecule has 0 unspecified atom stereocenters. The second-order valence-corrected chi connectivity index (χ2v) is 7.74. The van der Waals surface area contributed by atoms with Crippen LogP contribution in [-0.2, 0) is 14.4 Å². The van der Waals surface area contributed by atoms with Crippen molar-refractivity contribution >= 4 is 29.1 Å². The lowest BCUT2D eigenvalue weighted by Gasteiger charge is -2.17. The van der Waals surface area contributed by atoms with Crippen molar-refractivity contribution in [2.24, 2.45) is 11.8 Å². The van der Waals surface area contributed by atoms with Gasteiger partial charge in [-0.05, 0) is 42.3 Å². The number of anilines is 2. The molecule has 1 atom stereocenters. The molecule has 0 spiro atoms. The van der Waals surface area contributed by atoms with E-state index in [9.17, 15) is 14.4 Å². The zero-order valence-electron chi connectivity index (χ0n) is 17.3. The summed E-state index contributed by atoms with van der Waals surface area (Å²) in [4.78, 5) is 38.2. The number of carbonyl (C=O) groups excluding carboxylic acids is 3. The number of benzene rings is 2. The largest absolute Gasteiger partial charge is 0.484 e. The van der Waals surface area contributed by atoms with Crippen LogP contribution in [0.1, 0.15) is 20.3 Å². The van der Waals surface area contributed by atoms with E-state index >= 15 is 0 Å². The molecular weight excluding hydrogens is 382 g/mol. The Bertz CT molecular complexity index is 881. The highest BCUT2D eigenvalue weighted by atomic mass is 16.5. The van der Waals surface area contributed by atoms with Crippen molar-refractivity contribution in [3.8, 4) is 5.75 Å². The highest BCUT2D eigenvalue weighted by molar-refractivity contribution is 6.00. The first-order chi connectivity index (χ1) is 14.4. The quantitative estimate of drug-likeness (QED) is 0.702. The summed E-state index contributed by atoms with van der Waals surface area (Å²) in [6.07, 6.45) is 0.210. The molecule has 0 radical (unpaired) electrons. The molecule has 2 N–H and O–H groups in total. The van der Waals surface area contributed by atoms with E-state index < -0.39 is 0 Å². The first kappa shape index (κ1) is 21.4. The molecule has 0 aromatic heterocycles. The molecule has 3 amide bonds. The number of para-hydroxylation sites is 1. The summed E-state index contributed by atoms with van der Waals surface area (Å²) in [7, 11) is 0. The van der Waals surface area contributed by atoms with Gasteiger partial charge in [0, 0.05) is 30.9 Å². The van der Waals surface area contributed by atoms with Crippen LogP contribution >= 0.6 is 0 Å². The first-order valence-corrected chi connectivity index (χ1v) is 10.1. The van der Waals surface area contributed by atoms with Crippen LogP contribution in [0.4, 0.5) is 11.4 Å². The maximum absolute atomic E-state index is 12.4. The monoisotopic (exact) mass is 409 g/mol. The SMILES string of the molecule is CC(C)CNC(=O)[C@H]1CC(=O)N(c2ccc(OCC(=O)Nc3ccccc3)cc2)C1. The van der Waals surface area contributed by atoms with Gasteiger partial charge < -0.3 is 20.3 Å². The van der Waals surface area contributed by atoms with Crippen LogP contribution in [0.2, 0.25) is 0 Å². The maximum Gasteiger partial charge on any atom is 0.262 e. The number of nitrogens with zero attached hydrogens (tertiary/aromatic N) is 1. The maximum atomic E-state index is 12.4. The lowest BCUT2D eigenvalue weighted by molar-refractivity contribution is -0.126. The first-order valence-electron chi connectivity index (χ1n) is 10.1. The summed E-state index contributed by atoms with van der Waals surface area (Å²) in [6.45, 7) is 4.91. The average molecular weight is 409 g/mol. The van der Waals surface area contributed by atoms with Crippen molar-refractivity contribution in [2.75, 3.05) is 29.9 Å². The zero-order chi connectivity index (χ0) is 21.5. The van der Waals surface area contributed by atoms with Crippen LogP contribution in [0.3, 0.4) is 0 Å². The van der Waals surface area contributed by atoms with Gasteiger partial charge in [0.15, 0.2) is 6.61 Å². The number of hydrogen-bond donors (Lipinski definition) is 2. The zero-order valence-corrected chi connectivity index (χ0v) is 17.3. The van der Waals surface area contributed by atoms with Gasteiger partial charge in [0.25, 0.3) is 5.91 Å². The Morgan fingerprint density at radius 1 is 1.10 bits per heavy atom. The second-order valence-electron chi connectivity index (χ2n) is 7.74. The predicted octanol–water partition coefficient (Wildman–Crippen LogP) is 2.83. The smallest absolute Gasteiger partial charge is 0.262 e. The van der Waals surface area contributed by atoms with Gasteiger partial charge in [-0.25, -0.2) is 0 Å². The number of rotatable bonds is 8. The van der Waals surface area contributed by atoms with Gasteiger partial charge in [-0.1, -0.05) is 32.0 Å². The minimum atomic E-state index is -0.339. The van der Waals surface area contributed by atoms with Gasteiger partial charge in [0.1, 0.15) is 5.75 Å². The molecule has 7 heteroatoms. The number of ether oxygens (including phenoxy) is 1. The summed E-state index contributed by atoms with van der Waals surface area (Å²) < 4.78 is 5.52. The fourth-order valence-corrected chi connectivity index (χ4v) is 3.17. The Morgan fingerprint density at radius 2 is 1.80 bits per heavy atom. The molecule has 1 heterocycles. The second kappa shape index (κ2) is 9.91. The van der Waals surface area contributed by atoms with Gasteiger partial charge in [-0.2, -0.15) is 0 Å². The van der Waals surface area contributed by atoms with E-state index in [-0.39, 0.29) is 36.7 Å². The van der Waals surface area contributed by atoms with E-state index in [1.807, 2.05) is 32.0 Å². The molecule has 30 heavy (non-hydrogen) atoms. The summed E-state index contributed by atoms with van der Waals surface area (Å²) in [5.41, 5.74) is 1.42. The van der Waals surface area contributed by atoms with E-state index in [0.29, 0.717) is 36.1 Å². The standard InChI is InChI=1S/C23H27N3O4/c1-16(2)13-24-23(29)17-12-22(28)26(14-17)19-8-10-20(11-9-19)30-15-21(27)25-18-6-4-3-5-7-18/h3-11,16-17H,12-15H2,1-2H3,(H,24,29)(H,25,27)/t17-/m0/s1. The molecule has 158 valence electrons. The molecule has 1 aliphatic heterocycles. The average Bonchev–Trinajstić information content (AvgIpc) is 3.13. The molecule has 1 saturated heterocycles. The molecule has 0 bridgehead atoms. The van der Waals surface area contributed by atoms with Gasteiger partial charge in [-0.15, -0.1) is 0 Å². The molecule has 1 fully saturated rings. The van der Waals surface area contributed by atoms with Crippen molar-refractivity contribution in [1.29, 1.82) is 0 Å². The van der Waals surface area contributed by atoms with Crippen LogP contribution in [0.15, 0.2) is 54.6 Å². The fraction of sp³-hybridized carbons (Fsp3) is 0.348. The normalized spacial score (nSPS) is 15.9. The summed E-state index contributed by atoms with van der Waals surface area (Å²) in [5.74, 6) is 0.146. The predicted molar refractivity (Wildman–Crippen MR) is 115 cm³/mol. The topological polar surface area (TPSA) is 87.7 Å². The molecule has 2 aromatic carbocycles. The lowest BCUT2D eigenvalue weighted by atomic mass is 10.1. The van der Waals surface area contributed by atoms with Crippen LogP contribution in [0.25, 0.3) is 0 Å². The number of hydrogen-bond acceptors (Lipinski definition) is 4. The van der Waals surface area contributed by atoms with Crippen molar-refractivity contribution in [1.82, 2.24) is 5.32 Å². The number of nitrogens with one attached hydrogen (secondary N) is 2. The lowest BCUT2D eigenvalue weighted by Crippen LogP contribution is -2.35. The summed E-state index contributed by atoms with van der Waals surface area (Å²) >= 11 is 0. The highest BCUT2D eigenvalue weighted by Crippen LogP contribution is 2.27. The Kier molecular flexibility index (Phi) is 7.06. The van der Waals surface area contributed by atoms with Crippen molar-refractivity contribution in [3.05, 3.63) is 54.6 Å². The highest BCUT2D eigenvalue weighted by Gasteiger charge is 2.35. The fourth-order valence-electron chi connectivity index (χ4n) is 3.17. The Balaban J connectivity index is 1.51. The van der Waals surface area contributed by atoms with Gasteiger partial charge in [-0.3, -0.25) is 14.4 Å². The Hall–Kier alpha value is -3.35. The molecule has 0 saturated carbocycles. The Labute approximate surface area is 176 Å². The van der Waals surface area contributed by atoms with Crippen LogP contribution in [0, 0.1) is 11.8 Å². The van der Waals surface area contributed by atoms with E-state index in [4.69, 9.17) is 4.74 Å². The van der Waals surface area contributed by atoms with Crippen LogP contribution in [0.5, 0.6) is 5.75 Å². The van der Waals surface area contributed by atoms with Crippen LogP contribution in [-0.4, -0.2) is 37.4 Å². The van der Waals surface area contributed by atoms with E-state index in [2.05, 4.69) is 10.6 Å². The third-order valence-corrected chi connectivity index (χ3v) is 4.76. The minimum Gasteiger partial charge on any atom is -0.484 e. The van der Waals surface area contributed by atoms with Gasteiger partial charge >= 0.3 is 0 Å². The number of amides is 3. The van der Waals surface area contributed by atoms with Crippen LogP contribution < -0.4 is 20.3 Å². The van der Waals surface area contributed by atoms with E-state index in [1.54, 1.807) is 41.3 Å². The minimum absolute atomic E-state index is 0.0735. The number of carbonyl (C=O) groups is 3. The van der Waals surface area contributed by atoms with Gasteiger partial charge in [0.2, 0.25) is 11.8 Å².